The second-order valence-electron chi connectivity index (χ2n) is 7.75. The number of rotatable bonds is 5. The molecule has 1 aliphatic rings. The first-order valence-corrected chi connectivity index (χ1v) is 11.9. The van der Waals surface area contributed by atoms with Gasteiger partial charge in [0.1, 0.15) is 16.4 Å². The Morgan fingerprint density at radius 3 is 2.28 bits per heavy atom. The van der Waals surface area contributed by atoms with E-state index in [0.717, 1.165) is 5.75 Å². The van der Waals surface area contributed by atoms with Crippen molar-refractivity contribution >= 4 is 15.9 Å². The number of amides is 1. The van der Waals surface area contributed by atoms with Crippen molar-refractivity contribution in [1.29, 1.82) is 0 Å². The van der Waals surface area contributed by atoms with Crippen LogP contribution in [-0.2, 0) is 10.0 Å². The van der Waals surface area contributed by atoms with Crippen LogP contribution in [0.5, 0.6) is 11.5 Å². The van der Waals surface area contributed by atoms with Gasteiger partial charge in [-0.2, -0.15) is 9.40 Å². The fraction of sp³-hybridized carbons (Fsp3) is 0.304. The molecule has 0 bridgehead atoms. The van der Waals surface area contributed by atoms with E-state index >= 15 is 0 Å². The van der Waals surface area contributed by atoms with Gasteiger partial charge in [-0.1, -0.05) is 18.2 Å². The number of aromatic amines is 1. The minimum atomic E-state index is -3.67. The molecule has 2 aromatic carbocycles. The maximum Gasteiger partial charge on any atom is 0.253 e. The summed E-state index contributed by atoms with van der Waals surface area (Å²) in [4.78, 5) is 15.0. The Bertz CT molecular complexity index is 1170. The van der Waals surface area contributed by atoms with Crippen molar-refractivity contribution in [1.82, 2.24) is 19.4 Å². The maximum absolute atomic E-state index is 13.1. The molecular formula is C23H26N4O4S. The number of hydrogen-bond acceptors (Lipinski definition) is 5. The molecule has 0 saturated carbocycles. The molecule has 4 rings (SSSR count). The highest BCUT2D eigenvalue weighted by Gasteiger charge is 2.32. The van der Waals surface area contributed by atoms with Crippen molar-refractivity contribution in [3.8, 4) is 11.5 Å². The zero-order valence-corrected chi connectivity index (χ0v) is 18.9. The summed E-state index contributed by atoms with van der Waals surface area (Å²) < 4.78 is 33.5. The average Bonchev–Trinajstić information content (AvgIpc) is 2.98. The molecule has 1 fully saturated rings. The fourth-order valence-electron chi connectivity index (χ4n) is 3.86. The van der Waals surface area contributed by atoms with Crippen LogP contribution >= 0.6 is 0 Å². The number of carbonyl (C=O) groups is 1. The van der Waals surface area contributed by atoms with Crippen molar-refractivity contribution in [2.45, 2.75) is 25.2 Å². The largest absolute Gasteiger partial charge is 0.457 e. The summed E-state index contributed by atoms with van der Waals surface area (Å²) >= 11 is 0. The number of H-pyrrole nitrogens is 1. The highest BCUT2D eigenvalue weighted by Crippen LogP contribution is 2.24. The first-order chi connectivity index (χ1) is 15.4. The number of sulfonamides is 1. The molecule has 2 heterocycles. The normalized spacial score (nSPS) is 15.4. The van der Waals surface area contributed by atoms with Crippen molar-refractivity contribution in [2.75, 3.05) is 26.2 Å². The molecular weight excluding hydrogens is 428 g/mol. The predicted molar refractivity (Wildman–Crippen MR) is 120 cm³/mol. The number of hydrogen-bond donors (Lipinski definition) is 1. The number of benzene rings is 2. The van der Waals surface area contributed by atoms with Gasteiger partial charge in [0.2, 0.25) is 10.0 Å². The van der Waals surface area contributed by atoms with Crippen LogP contribution in [0.25, 0.3) is 0 Å². The lowest BCUT2D eigenvalue weighted by molar-refractivity contribution is 0.0764. The topological polar surface area (TPSA) is 95.6 Å². The molecule has 1 amide bonds. The Labute approximate surface area is 187 Å². The van der Waals surface area contributed by atoms with E-state index in [1.54, 1.807) is 43.0 Å². The SMILES string of the molecule is Cc1n[nH]c(C)c1S(=O)(=O)N1CCCN(C(=O)c2ccc(Oc3ccccc3)cc2)CC1. The average molecular weight is 455 g/mol. The fourth-order valence-corrected chi connectivity index (χ4v) is 5.66. The van der Waals surface area contributed by atoms with E-state index in [0.29, 0.717) is 48.8 Å². The molecule has 0 spiro atoms. The smallest absolute Gasteiger partial charge is 0.253 e. The third kappa shape index (κ3) is 4.53. The van der Waals surface area contributed by atoms with Crippen LogP contribution in [0.3, 0.4) is 0 Å². The van der Waals surface area contributed by atoms with E-state index < -0.39 is 10.0 Å². The highest BCUT2D eigenvalue weighted by molar-refractivity contribution is 7.89. The summed E-state index contributed by atoms with van der Waals surface area (Å²) in [6.45, 7) is 4.81. The monoisotopic (exact) mass is 454 g/mol. The zero-order chi connectivity index (χ0) is 22.7. The van der Waals surface area contributed by atoms with Crippen molar-refractivity contribution in [3.63, 3.8) is 0 Å². The van der Waals surface area contributed by atoms with Gasteiger partial charge in [-0.05, 0) is 56.7 Å². The first kappa shape index (κ1) is 22.0. The van der Waals surface area contributed by atoms with Gasteiger partial charge in [0, 0.05) is 31.7 Å². The van der Waals surface area contributed by atoms with E-state index in [1.165, 1.54) is 4.31 Å². The standard InChI is InChI=1S/C23H26N4O4S/c1-17-22(18(2)25-24-17)32(29,30)27-14-6-13-26(15-16-27)23(28)19-9-11-21(12-10-19)31-20-7-4-3-5-8-20/h3-5,7-12H,6,13-16H2,1-2H3,(H,24,25). The second kappa shape index (κ2) is 9.13. The van der Waals surface area contributed by atoms with Crippen LogP contribution in [0.15, 0.2) is 59.5 Å². The Kier molecular flexibility index (Phi) is 6.29. The Hall–Kier alpha value is -3.17. The van der Waals surface area contributed by atoms with Crippen LogP contribution in [0.4, 0.5) is 0 Å². The van der Waals surface area contributed by atoms with Gasteiger partial charge in [-0.25, -0.2) is 8.42 Å². The number of carbonyl (C=O) groups excluding carboxylic acids is 1. The number of para-hydroxylation sites is 1. The molecule has 1 N–H and O–H groups in total. The van der Waals surface area contributed by atoms with Gasteiger partial charge >= 0.3 is 0 Å². The molecule has 8 nitrogen and oxygen atoms in total. The third-order valence-electron chi connectivity index (χ3n) is 5.48. The minimum Gasteiger partial charge on any atom is -0.457 e. The molecule has 0 atom stereocenters. The zero-order valence-electron chi connectivity index (χ0n) is 18.1. The van der Waals surface area contributed by atoms with Crippen molar-refractivity contribution < 1.29 is 17.9 Å². The lowest BCUT2D eigenvalue weighted by Gasteiger charge is -2.22. The summed E-state index contributed by atoms with van der Waals surface area (Å²) in [6, 6.07) is 16.4. The minimum absolute atomic E-state index is 0.119. The van der Waals surface area contributed by atoms with Crippen LogP contribution in [0.2, 0.25) is 0 Å². The van der Waals surface area contributed by atoms with E-state index in [4.69, 9.17) is 4.74 Å². The van der Waals surface area contributed by atoms with Gasteiger partial charge in [0.05, 0.1) is 11.4 Å². The Morgan fingerprint density at radius 1 is 0.938 bits per heavy atom. The van der Waals surface area contributed by atoms with Crippen LogP contribution in [0.1, 0.15) is 28.2 Å². The Morgan fingerprint density at radius 2 is 1.62 bits per heavy atom. The molecule has 0 radical (unpaired) electrons. The molecule has 1 aromatic heterocycles. The van der Waals surface area contributed by atoms with E-state index in [9.17, 15) is 13.2 Å². The maximum atomic E-state index is 13.1. The van der Waals surface area contributed by atoms with E-state index in [-0.39, 0.29) is 17.3 Å². The number of ether oxygens (including phenoxy) is 1. The lowest BCUT2D eigenvalue weighted by atomic mass is 10.2. The number of aromatic nitrogens is 2. The van der Waals surface area contributed by atoms with Gasteiger partial charge in [0.15, 0.2) is 0 Å². The molecule has 1 saturated heterocycles. The molecule has 1 aliphatic heterocycles. The van der Waals surface area contributed by atoms with Crippen molar-refractivity contribution in [2.24, 2.45) is 0 Å². The molecule has 9 heteroatoms. The summed E-state index contributed by atoms with van der Waals surface area (Å²) in [7, 11) is -3.67. The van der Waals surface area contributed by atoms with Crippen LogP contribution in [0, 0.1) is 13.8 Å². The van der Waals surface area contributed by atoms with Crippen LogP contribution in [-0.4, -0.2) is 59.9 Å². The Balaban J connectivity index is 1.42. The molecule has 32 heavy (non-hydrogen) atoms. The molecule has 0 unspecified atom stereocenters. The van der Waals surface area contributed by atoms with Crippen molar-refractivity contribution in [3.05, 3.63) is 71.5 Å². The molecule has 3 aromatic rings. The number of nitrogens with one attached hydrogen (secondary N) is 1. The van der Waals surface area contributed by atoms with E-state index in [2.05, 4.69) is 10.2 Å². The highest BCUT2D eigenvalue weighted by atomic mass is 32.2. The lowest BCUT2D eigenvalue weighted by Crippen LogP contribution is -2.37. The van der Waals surface area contributed by atoms with Gasteiger partial charge in [0.25, 0.3) is 5.91 Å². The van der Waals surface area contributed by atoms with Gasteiger partial charge in [-0.3, -0.25) is 9.89 Å². The summed E-state index contributed by atoms with van der Waals surface area (Å²) in [5.74, 6) is 1.25. The second-order valence-corrected chi connectivity index (χ2v) is 9.63. The summed E-state index contributed by atoms with van der Waals surface area (Å²) in [5.41, 5.74) is 1.53. The number of nitrogens with zero attached hydrogens (tertiary/aromatic N) is 3. The quantitative estimate of drug-likeness (QED) is 0.638. The van der Waals surface area contributed by atoms with Crippen LogP contribution < -0.4 is 4.74 Å². The van der Waals surface area contributed by atoms with E-state index in [1.807, 2.05) is 30.3 Å². The summed E-state index contributed by atoms with van der Waals surface area (Å²) in [6.07, 6.45) is 0.566. The molecule has 0 aliphatic carbocycles. The molecule has 168 valence electrons. The first-order valence-electron chi connectivity index (χ1n) is 10.5. The summed E-state index contributed by atoms with van der Waals surface area (Å²) in [5, 5.41) is 6.75. The number of aryl methyl sites for hydroxylation is 2. The predicted octanol–water partition coefficient (Wildman–Crippen LogP) is 3.36. The van der Waals surface area contributed by atoms with Gasteiger partial charge < -0.3 is 9.64 Å². The van der Waals surface area contributed by atoms with Gasteiger partial charge in [-0.15, -0.1) is 0 Å². The third-order valence-corrected chi connectivity index (χ3v) is 7.64.